The molecule has 1 heterocycles. The predicted octanol–water partition coefficient (Wildman–Crippen LogP) is 2.57. The van der Waals surface area contributed by atoms with Gasteiger partial charge in [-0.1, -0.05) is 43.2 Å². The number of benzene rings is 1. The lowest BCUT2D eigenvalue weighted by atomic mass is 10.0. The molecule has 0 spiro atoms. The zero-order valence-corrected chi connectivity index (χ0v) is 12.2. The number of nitrogens with zero attached hydrogens (tertiary/aromatic N) is 1. The Morgan fingerprint density at radius 1 is 1.20 bits per heavy atom. The van der Waals surface area contributed by atoms with Gasteiger partial charge >= 0.3 is 0 Å². The number of carbonyl (C=O) groups is 1. The highest BCUT2D eigenvalue weighted by Gasteiger charge is 2.40. The molecular weight excluding hydrogens is 248 g/mol. The van der Waals surface area contributed by atoms with Gasteiger partial charge in [0, 0.05) is 7.05 Å². The summed E-state index contributed by atoms with van der Waals surface area (Å²) in [7, 11) is 1.96. The van der Waals surface area contributed by atoms with E-state index < -0.39 is 0 Å². The van der Waals surface area contributed by atoms with Crippen molar-refractivity contribution in [3.05, 3.63) is 35.9 Å². The minimum absolute atomic E-state index is 0.00538. The van der Waals surface area contributed by atoms with Crippen molar-refractivity contribution in [3.8, 4) is 0 Å². The van der Waals surface area contributed by atoms with E-state index in [1.54, 1.807) is 0 Å². The van der Waals surface area contributed by atoms with Gasteiger partial charge in [-0.05, 0) is 37.2 Å². The van der Waals surface area contributed by atoms with E-state index >= 15 is 0 Å². The van der Waals surface area contributed by atoms with Gasteiger partial charge in [0.1, 0.15) is 0 Å². The van der Waals surface area contributed by atoms with Crippen molar-refractivity contribution in [2.45, 2.75) is 50.7 Å². The van der Waals surface area contributed by atoms with Crippen LogP contribution in [0.25, 0.3) is 0 Å². The van der Waals surface area contributed by atoms with Crippen LogP contribution in [0, 0.1) is 5.92 Å². The van der Waals surface area contributed by atoms with E-state index in [0.29, 0.717) is 5.92 Å². The minimum atomic E-state index is 0.00538. The first kappa shape index (κ1) is 13.6. The van der Waals surface area contributed by atoms with E-state index in [-0.39, 0.29) is 18.1 Å². The Balaban J connectivity index is 1.59. The fourth-order valence-corrected chi connectivity index (χ4v) is 3.66. The Hall–Kier alpha value is -1.35. The lowest BCUT2D eigenvalue weighted by Crippen LogP contribution is -2.40. The lowest BCUT2D eigenvalue weighted by molar-refractivity contribution is -0.129. The standard InChI is InChI=1S/C17H24N2O/c1-19-16(14-9-5-6-10-14)18-15(17(19)20)12-11-13-7-3-2-4-8-13/h2-4,7-8,14-16,18H,5-6,9-12H2,1H3. The largest absolute Gasteiger partial charge is 0.329 e. The average molecular weight is 272 g/mol. The van der Waals surface area contributed by atoms with Crippen LogP contribution in [0.5, 0.6) is 0 Å². The zero-order chi connectivity index (χ0) is 13.9. The normalized spacial score (nSPS) is 27.4. The van der Waals surface area contributed by atoms with E-state index in [2.05, 4.69) is 29.6 Å². The Morgan fingerprint density at radius 2 is 1.90 bits per heavy atom. The van der Waals surface area contributed by atoms with E-state index in [1.165, 1.54) is 31.2 Å². The van der Waals surface area contributed by atoms with E-state index in [9.17, 15) is 4.79 Å². The number of aryl methyl sites for hydroxylation is 1. The van der Waals surface area contributed by atoms with Crippen LogP contribution in [0.1, 0.15) is 37.7 Å². The van der Waals surface area contributed by atoms with Gasteiger partial charge in [0.05, 0.1) is 12.2 Å². The van der Waals surface area contributed by atoms with Crippen molar-refractivity contribution in [1.82, 2.24) is 10.2 Å². The van der Waals surface area contributed by atoms with Crippen LogP contribution in [-0.4, -0.2) is 30.1 Å². The molecule has 1 amide bonds. The molecule has 20 heavy (non-hydrogen) atoms. The predicted molar refractivity (Wildman–Crippen MR) is 80.2 cm³/mol. The van der Waals surface area contributed by atoms with Crippen molar-refractivity contribution in [2.24, 2.45) is 5.92 Å². The second-order valence-corrected chi connectivity index (χ2v) is 6.18. The highest BCUT2D eigenvalue weighted by Crippen LogP contribution is 2.31. The minimum Gasteiger partial charge on any atom is -0.329 e. The summed E-state index contributed by atoms with van der Waals surface area (Å²) in [6, 6.07) is 10.4. The van der Waals surface area contributed by atoms with Crippen molar-refractivity contribution < 1.29 is 4.79 Å². The molecule has 1 aromatic carbocycles. The molecule has 1 aliphatic heterocycles. The van der Waals surface area contributed by atoms with Crippen LogP contribution in [0.4, 0.5) is 0 Å². The summed E-state index contributed by atoms with van der Waals surface area (Å²) in [4.78, 5) is 14.3. The van der Waals surface area contributed by atoms with Gasteiger partial charge in [-0.15, -0.1) is 0 Å². The smallest absolute Gasteiger partial charge is 0.240 e. The summed E-state index contributed by atoms with van der Waals surface area (Å²) in [5, 5.41) is 3.58. The summed E-state index contributed by atoms with van der Waals surface area (Å²) in [5.74, 6) is 0.934. The molecule has 0 bridgehead atoms. The van der Waals surface area contributed by atoms with Gasteiger partial charge in [-0.3, -0.25) is 10.1 Å². The van der Waals surface area contributed by atoms with Crippen LogP contribution >= 0.6 is 0 Å². The van der Waals surface area contributed by atoms with Gasteiger partial charge in [0.2, 0.25) is 5.91 Å². The molecule has 2 aliphatic rings. The van der Waals surface area contributed by atoms with Crippen LogP contribution < -0.4 is 5.32 Å². The second kappa shape index (κ2) is 5.96. The molecule has 2 unspecified atom stereocenters. The molecule has 3 rings (SSSR count). The third-order valence-electron chi connectivity index (χ3n) is 4.85. The molecule has 0 radical (unpaired) electrons. The molecule has 1 saturated carbocycles. The summed E-state index contributed by atoms with van der Waals surface area (Å²) < 4.78 is 0. The first-order chi connectivity index (χ1) is 9.75. The van der Waals surface area contributed by atoms with Crippen LogP contribution in [0.15, 0.2) is 30.3 Å². The number of likely N-dealkylation sites (N-methyl/N-ethyl adjacent to an activating group) is 1. The molecule has 3 heteroatoms. The van der Waals surface area contributed by atoms with E-state index in [4.69, 9.17) is 0 Å². The molecule has 1 N–H and O–H groups in total. The maximum Gasteiger partial charge on any atom is 0.240 e. The molecule has 3 nitrogen and oxygen atoms in total. The summed E-state index contributed by atoms with van der Waals surface area (Å²) >= 11 is 0. The number of carbonyl (C=O) groups excluding carboxylic acids is 1. The number of rotatable bonds is 4. The Labute approximate surface area is 121 Å². The van der Waals surface area contributed by atoms with Gasteiger partial charge in [0.25, 0.3) is 0 Å². The summed E-state index contributed by atoms with van der Waals surface area (Å²) in [5.41, 5.74) is 1.31. The van der Waals surface area contributed by atoms with Crippen molar-refractivity contribution in [3.63, 3.8) is 0 Å². The third kappa shape index (κ3) is 2.73. The number of amides is 1. The van der Waals surface area contributed by atoms with Crippen molar-refractivity contribution in [1.29, 1.82) is 0 Å². The summed E-state index contributed by atoms with van der Waals surface area (Å²) in [6.07, 6.45) is 7.30. The fourth-order valence-electron chi connectivity index (χ4n) is 3.66. The molecular formula is C17H24N2O. The number of nitrogens with one attached hydrogen (secondary N) is 1. The molecule has 108 valence electrons. The lowest BCUT2D eigenvalue weighted by Gasteiger charge is -2.25. The molecule has 1 saturated heterocycles. The zero-order valence-electron chi connectivity index (χ0n) is 12.2. The van der Waals surface area contributed by atoms with Gasteiger partial charge < -0.3 is 4.90 Å². The Morgan fingerprint density at radius 3 is 2.60 bits per heavy atom. The van der Waals surface area contributed by atoms with E-state index in [0.717, 1.165) is 12.8 Å². The monoisotopic (exact) mass is 272 g/mol. The van der Waals surface area contributed by atoms with Crippen molar-refractivity contribution in [2.75, 3.05) is 7.05 Å². The first-order valence-electron chi connectivity index (χ1n) is 7.82. The quantitative estimate of drug-likeness (QED) is 0.913. The van der Waals surface area contributed by atoms with Gasteiger partial charge in [0.15, 0.2) is 0 Å². The van der Waals surface area contributed by atoms with Crippen LogP contribution in [0.2, 0.25) is 0 Å². The Bertz CT molecular complexity index is 453. The molecule has 2 atom stereocenters. The average Bonchev–Trinajstić information content (AvgIpc) is 3.09. The topological polar surface area (TPSA) is 32.3 Å². The molecule has 1 aromatic rings. The third-order valence-corrected chi connectivity index (χ3v) is 4.85. The summed E-state index contributed by atoms with van der Waals surface area (Å²) in [6.45, 7) is 0. The van der Waals surface area contributed by atoms with Crippen LogP contribution in [-0.2, 0) is 11.2 Å². The van der Waals surface area contributed by atoms with E-state index in [1.807, 2.05) is 18.0 Å². The molecule has 2 fully saturated rings. The first-order valence-corrected chi connectivity index (χ1v) is 7.82. The molecule has 1 aliphatic carbocycles. The number of hydrogen-bond acceptors (Lipinski definition) is 2. The van der Waals surface area contributed by atoms with Gasteiger partial charge in [-0.25, -0.2) is 0 Å². The van der Waals surface area contributed by atoms with Gasteiger partial charge in [-0.2, -0.15) is 0 Å². The van der Waals surface area contributed by atoms with Crippen LogP contribution in [0.3, 0.4) is 0 Å². The fraction of sp³-hybridized carbons (Fsp3) is 0.588. The highest BCUT2D eigenvalue weighted by atomic mass is 16.2. The number of hydrogen-bond donors (Lipinski definition) is 1. The maximum atomic E-state index is 12.4. The SMILES string of the molecule is CN1C(=O)C(CCc2ccccc2)NC1C1CCCC1. The second-order valence-electron chi connectivity index (χ2n) is 6.18. The van der Waals surface area contributed by atoms with Crippen molar-refractivity contribution >= 4 is 5.91 Å². The highest BCUT2D eigenvalue weighted by molar-refractivity contribution is 5.84. The Kier molecular flexibility index (Phi) is 4.06. The molecule has 0 aromatic heterocycles. The maximum absolute atomic E-state index is 12.4.